The molecular weight excluding hydrogens is 270 g/mol. The van der Waals surface area contributed by atoms with Crippen LogP contribution in [0.2, 0.25) is 0 Å². The maximum absolute atomic E-state index is 8.80. The third kappa shape index (κ3) is 2.51. The number of anilines is 1. The monoisotopic (exact) mass is 283 g/mol. The zero-order valence-electron chi connectivity index (χ0n) is 11.0. The first-order valence-electron chi connectivity index (χ1n) is 6.40. The molecule has 4 nitrogen and oxygen atoms in total. The standard InChI is InChI=1S/C15H13N3OS/c1-2-15-18-13-7-10(3-6-14(13)19-15)17-9-12-5-4-11(8-16)20-12/h3-7,17H,2,9H2,1H3. The van der Waals surface area contributed by atoms with E-state index >= 15 is 0 Å². The SMILES string of the molecule is CCc1nc2cc(NCc3ccc(C#N)s3)ccc2o1. The van der Waals surface area contributed by atoms with Crippen molar-refractivity contribution in [1.82, 2.24) is 4.98 Å². The minimum Gasteiger partial charge on any atom is -0.441 e. The summed E-state index contributed by atoms with van der Waals surface area (Å²) >= 11 is 1.51. The Bertz CT molecular complexity index is 782. The predicted molar refractivity (Wildman–Crippen MR) is 79.7 cm³/mol. The molecular formula is C15H13N3OS. The van der Waals surface area contributed by atoms with Crippen molar-refractivity contribution in [3.63, 3.8) is 0 Å². The third-order valence-corrected chi connectivity index (χ3v) is 3.96. The Morgan fingerprint density at radius 1 is 1.35 bits per heavy atom. The number of fused-ring (bicyclic) bond motifs is 1. The number of nitrogens with zero attached hydrogens (tertiary/aromatic N) is 2. The molecule has 0 saturated heterocycles. The summed E-state index contributed by atoms with van der Waals surface area (Å²) in [7, 11) is 0. The van der Waals surface area contributed by atoms with E-state index < -0.39 is 0 Å². The second-order valence-corrected chi connectivity index (χ2v) is 5.54. The van der Waals surface area contributed by atoms with E-state index in [1.54, 1.807) is 0 Å². The molecule has 0 unspecified atom stereocenters. The van der Waals surface area contributed by atoms with Gasteiger partial charge in [0.15, 0.2) is 11.5 Å². The summed E-state index contributed by atoms with van der Waals surface area (Å²) in [5.41, 5.74) is 2.69. The molecule has 0 fully saturated rings. The molecule has 0 aliphatic rings. The molecule has 0 saturated carbocycles. The first-order valence-corrected chi connectivity index (χ1v) is 7.22. The Morgan fingerprint density at radius 3 is 3.00 bits per heavy atom. The molecule has 0 aliphatic carbocycles. The molecule has 100 valence electrons. The fourth-order valence-corrected chi connectivity index (χ4v) is 2.70. The normalized spacial score (nSPS) is 10.6. The van der Waals surface area contributed by atoms with E-state index in [0.29, 0.717) is 6.54 Å². The van der Waals surface area contributed by atoms with Gasteiger partial charge in [-0.05, 0) is 30.3 Å². The van der Waals surface area contributed by atoms with Crippen molar-refractivity contribution in [2.45, 2.75) is 19.9 Å². The van der Waals surface area contributed by atoms with Gasteiger partial charge in [0.2, 0.25) is 0 Å². The van der Waals surface area contributed by atoms with E-state index in [1.165, 1.54) is 11.3 Å². The van der Waals surface area contributed by atoms with Crippen LogP contribution in [0.3, 0.4) is 0 Å². The molecule has 3 aromatic rings. The fraction of sp³-hybridized carbons (Fsp3) is 0.200. The summed E-state index contributed by atoms with van der Waals surface area (Å²) in [6, 6.07) is 11.9. The van der Waals surface area contributed by atoms with Crippen LogP contribution in [0.1, 0.15) is 22.6 Å². The van der Waals surface area contributed by atoms with Crippen LogP contribution in [0.15, 0.2) is 34.7 Å². The number of hydrogen-bond donors (Lipinski definition) is 1. The minimum atomic E-state index is 0.705. The third-order valence-electron chi connectivity index (χ3n) is 2.97. The highest BCUT2D eigenvalue weighted by atomic mass is 32.1. The van der Waals surface area contributed by atoms with Crippen LogP contribution in [-0.4, -0.2) is 4.98 Å². The van der Waals surface area contributed by atoms with Crippen LogP contribution in [-0.2, 0) is 13.0 Å². The lowest BCUT2D eigenvalue weighted by atomic mass is 10.3. The van der Waals surface area contributed by atoms with Crippen LogP contribution in [0.4, 0.5) is 5.69 Å². The zero-order valence-corrected chi connectivity index (χ0v) is 11.8. The van der Waals surface area contributed by atoms with Crippen molar-refractivity contribution in [2.75, 3.05) is 5.32 Å². The van der Waals surface area contributed by atoms with Crippen LogP contribution in [0.5, 0.6) is 0 Å². The van der Waals surface area contributed by atoms with Gasteiger partial charge in [-0.25, -0.2) is 4.98 Å². The van der Waals surface area contributed by atoms with Gasteiger partial charge >= 0.3 is 0 Å². The molecule has 2 aromatic heterocycles. The lowest BCUT2D eigenvalue weighted by molar-refractivity contribution is 0.538. The van der Waals surface area contributed by atoms with Crippen LogP contribution in [0.25, 0.3) is 11.1 Å². The van der Waals surface area contributed by atoms with Gasteiger partial charge in [-0.15, -0.1) is 11.3 Å². The van der Waals surface area contributed by atoms with Crippen molar-refractivity contribution in [3.8, 4) is 6.07 Å². The number of rotatable bonds is 4. The molecule has 0 bridgehead atoms. The summed E-state index contributed by atoms with van der Waals surface area (Å²) < 4.78 is 5.58. The van der Waals surface area contributed by atoms with Gasteiger partial charge in [0.1, 0.15) is 16.5 Å². The second-order valence-electron chi connectivity index (χ2n) is 4.37. The van der Waals surface area contributed by atoms with Crippen molar-refractivity contribution in [2.24, 2.45) is 0 Å². The Morgan fingerprint density at radius 2 is 2.25 bits per heavy atom. The van der Waals surface area contributed by atoms with E-state index in [9.17, 15) is 0 Å². The number of thiophene rings is 1. The predicted octanol–water partition coefficient (Wildman–Crippen LogP) is 3.94. The maximum Gasteiger partial charge on any atom is 0.195 e. The second kappa shape index (κ2) is 5.35. The van der Waals surface area contributed by atoms with Gasteiger partial charge in [-0.1, -0.05) is 6.92 Å². The first kappa shape index (κ1) is 12.7. The number of benzene rings is 1. The molecule has 5 heteroatoms. The quantitative estimate of drug-likeness (QED) is 0.788. The number of aromatic nitrogens is 1. The molecule has 0 radical (unpaired) electrons. The summed E-state index contributed by atoms with van der Waals surface area (Å²) in [5.74, 6) is 0.758. The maximum atomic E-state index is 8.80. The zero-order chi connectivity index (χ0) is 13.9. The van der Waals surface area contributed by atoms with Crippen molar-refractivity contribution in [1.29, 1.82) is 5.26 Å². The number of nitriles is 1. The van der Waals surface area contributed by atoms with Crippen LogP contribution in [0, 0.1) is 11.3 Å². The number of nitrogens with one attached hydrogen (secondary N) is 1. The highest BCUT2D eigenvalue weighted by molar-refractivity contribution is 7.12. The Labute approximate surface area is 120 Å². The lowest BCUT2D eigenvalue weighted by Crippen LogP contribution is -1.96. The van der Waals surface area contributed by atoms with E-state index in [2.05, 4.69) is 16.4 Å². The minimum absolute atomic E-state index is 0.705. The highest BCUT2D eigenvalue weighted by Gasteiger charge is 2.05. The molecule has 1 N–H and O–H groups in total. The number of aryl methyl sites for hydroxylation is 1. The Hall–Kier alpha value is -2.32. The van der Waals surface area contributed by atoms with Gasteiger partial charge in [-0.3, -0.25) is 0 Å². The summed E-state index contributed by atoms with van der Waals surface area (Å²) in [6.45, 7) is 2.73. The molecule has 0 spiro atoms. The molecule has 0 atom stereocenters. The molecule has 2 heterocycles. The summed E-state index contributed by atoms with van der Waals surface area (Å²) in [6.07, 6.45) is 0.795. The largest absolute Gasteiger partial charge is 0.441 e. The van der Waals surface area contributed by atoms with Gasteiger partial charge < -0.3 is 9.73 Å². The first-order chi connectivity index (χ1) is 9.78. The molecule has 0 amide bonds. The van der Waals surface area contributed by atoms with E-state index in [0.717, 1.165) is 38.9 Å². The molecule has 1 aromatic carbocycles. The van der Waals surface area contributed by atoms with Crippen molar-refractivity contribution >= 4 is 28.1 Å². The average molecular weight is 283 g/mol. The van der Waals surface area contributed by atoms with Crippen LogP contribution < -0.4 is 5.32 Å². The van der Waals surface area contributed by atoms with E-state index in [1.807, 2.05) is 37.3 Å². The lowest BCUT2D eigenvalue weighted by Gasteiger charge is -2.03. The average Bonchev–Trinajstić information content (AvgIpc) is 3.10. The van der Waals surface area contributed by atoms with E-state index in [-0.39, 0.29) is 0 Å². The molecule has 20 heavy (non-hydrogen) atoms. The fourth-order valence-electron chi connectivity index (χ4n) is 1.96. The van der Waals surface area contributed by atoms with E-state index in [4.69, 9.17) is 9.68 Å². The van der Waals surface area contributed by atoms with Crippen molar-refractivity contribution in [3.05, 3.63) is 46.0 Å². The molecule has 3 rings (SSSR count). The molecule has 0 aliphatic heterocycles. The topological polar surface area (TPSA) is 61.9 Å². The van der Waals surface area contributed by atoms with Gasteiger partial charge in [0.25, 0.3) is 0 Å². The van der Waals surface area contributed by atoms with Gasteiger partial charge in [-0.2, -0.15) is 5.26 Å². The Balaban J connectivity index is 1.75. The Kier molecular flexibility index (Phi) is 3.40. The summed E-state index contributed by atoms with van der Waals surface area (Å²) in [4.78, 5) is 6.29. The van der Waals surface area contributed by atoms with Crippen molar-refractivity contribution < 1.29 is 4.42 Å². The number of oxazole rings is 1. The van der Waals surface area contributed by atoms with Gasteiger partial charge in [0.05, 0.1) is 0 Å². The smallest absolute Gasteiger partial charge is 0.195 e. The number of hydrogen-bond acceptors (Lipinski definition) is 5. The van der Waals surface area contributed by atoms with Crippen LogP contribution >= 0.6 is 11.3 Å². The highest BCUT2D eigenvalue weighted by Crippen LogP contribution is 2.22. The van der Waals surface area contributed by atoms with Gasteiger partial charge in [0, 0.05) is 23.5 Å². The summed E-state index contributed by atoms with van der Waals surface area (Å²) in [5, 5.41) is 12.1.